The smallest absolute Gasteiger partial charge is 0.275 e. The van der Waals surface area contributed by atoms with Crippen molar-refractivity contribution >= 4 is 21.3 Å². The minimum Gasteiger partial charge on any atom is -0.474 e. The van der Waals surface area contributed by atoms with Crippen LogP contribution in [0.2, 0.25) is 0 Å². The molecule has 1 N–H and O–H groups in total. The van der Waals surface area contributed by atoms with Crippen LogP contribution in [-0.4, -0.2) is 58.0 Å². The highest BCUT2D eigenvalue weighted by Gasteiger charge is 2.47. The zero-order chi connectivity index (χ0) is 21.5. The van der Waals surface area contributed by atoms with Gasteiger partial charge in [0.2, 0.25) is 5.43 Å². The van der Waals surface area contributed by atoms with Crippen LogP contribution in [0.15, 0.2) is 34.8 Å². The lowest BCUT2D eigenvalue weighted by Gasteiger charge is -2.38. The molecule has 0 radical (unpaired) electrons. The first-order valence-corrected chi connectivity index (χ1v) is 11.4. The summed E-state index contributed by atoms with van der Waals surface area (Å²) in [5.74, 6) is -0.728. The number of allylic oxidation sites excluding steroid dienone is 3. The van der Waals surface area contributed by atoms with E-state index in [1.54, 1.807) is 4.57 Å². The van der Waals surface area contributed by atoms with Gasteiger partial charge in [-0.2, -0.15) is 0 Å². The first-order valence-electron chi connectivity index (χ1n) is 10.9. The Morgan fingerprint density at radius 3 is 2.90 bits per heavy atom. The van der Waals surface area contributed by atoms with Gasteiger partial charge in [-0.3, -0.25) is 19.3 Å². The molecule has 1 unspecified atom stereocenters. The summed E-state index contributed by atoms with van der Waals surface area (Å²) < 4.78 is 7.02. The van der Waals surface area contributed by atoms with Gasteiger partial charge in [0.05, 0.1) is 16.0 Å². The van der Waals surface area contributed by atoms with Crippen molar-refractivity contribution in [2.24, 2.45) is 0 Å². The summed E-state index contributed by atoms with van der Waals surface area (Å²) >= 11 is 0. The molecule has 8 nitrogen and oxygen atoms in total. The Labute approximate surface area is 183 Å². The topological polar surface area (TPSA) is 83.9 Å². The fourth-order valence-electron chi connectivity index (χ4n) is 5.24. The van der Waals surface area contributed by atoms with Crippen molar-refractivity contribution in [2.45, 2.75) is 50.9 Å². The first kappa shape index (κ1) is 20.5. The Hall–Kier alpha value is -2.44. The van der Waals surface area contributed by atoms with Gasteiger partial charge in [0, 0.05) is 31.9 Å². The van der Waals surface area contributed by atoms with Crippen molar-refractivity contribution in [3.8, 4) is 5.75 Å². The monoisotopic (exact) mass is 442 g/mol. The fourth-order valence-corrected chi connectivity index (χ4v) is 5.45. The van der Waals surface area contributed by atoms with Crippen LogP contribution in [0.25, 0.3) is 0 Å². The Bertz CT molecular complexity index is 1050. The molecule has 5 rings (SSSR count). The van der Waals surface area contributed by atoms with Gasteiger partial charge in [0.1, 0.15) is 11.7 Å². The predicted octanol–water partition coefficient (Wildman–Crippen LogP) is 1.67. The molecule has 0 aromatic carbocycles. The van der Waals surface area contributed by atoms with Crippen molar-refractivity contribution in [3.05, 3.63) is 51.5 Å². The quantitative estimate of drug-likeness (QED) is 0.718. The molecule has 0 saturated carbocycles. The molecule has 1 aliphatic carbocycles. The SMILES string of the molecule is O=C(NCC1=CC=CCC1)c1cn2c(c(OP)c1=O)C(=O)N1C[C@@H]3CCCCN3[C@@H]1C2. The molecular formula is C22H27N4O4P. The minimum absolute atomic E-state index is 0.00240. The summed E-state index contributed by atoms with van der Waals surface area (Å²) in [7, 11) is 2.05. The van der Waals surface area contributed by atoms with E-state index in [1.165, 1.54) is 12.6 Å². The lowest BCUT2D eigenvalue weighted by molar-refractivity contribution is 0.0454. The number of piperidine rings is 1. The Morgan fingerprint density at radius 1 is 1.26 bits per heavy atom. The van der Waals surface area contributed by atoms with Gasteiger partial charge in [-0.05, 0) is 25.7 Å². The normalized spacial score (nSPS) is 24.9. The highest BCUT2D eigenvalue weighted by molar-refractivity contribution is 7.10. The van der Waals surface area contributed by atoms with E-state index in [9.17, 15) is 14.4 Å². The maximum atomic E-state index is 13.3. The van der Waals surface area contributed by atoms with Gasteiger partial charge in [0.15, 0.2) is 11.4 Å². The zero-order valence-electron chi connectivity index (χ0n) is 17.4. The van der Waals surface area contributed by atoms with Crippen molar-refractivity contribution in [1.29, 1.82) is 0 Å². The summed E-state index contributed by atoms with van der Waals surface area (Å²) in [5, 5.41) is 2.85. The lowest BCUT2D eigenvalue weighted by Crippen LogP contribution is -2.51. The van der Waals surface area contributed by atoms with E-state index in [0.29, 0.717) is 25.7 Å². The number of fused-ring (bicyclic) bond motifs is 4. The van der Waals surface area contributed by atoms with Gasteiger partial charge < -0.3 is 19.3 Å². The molecule has 2 amide bonds. The maximum absolute atomic E-state index is 13.3. The highest BCUT2D eigenvalue weighted by Crippen LogP contribution is 2.35. The largest absolute Gasteiger partial charge is 0.474 e. The molecule has 3 aliphatic heterocycles. The number of aromatic nitrogens is 1. The standard InChI is InChI=1S/C22H27N4O4P/c27-19-16(21(28)23-10-14-6-2-1-3-7-14)12-24-13-17-25-9-5-4-8-15(25)11-26(17)22(29)18(24)20(19)30-31/h1-2,6,12,15,17H,3-5,7-11,13,31H2,(H,23,28)/t15-,17-/m0/s1. The number of carbonyl (C=O) groups is 2. The Morgan fingerprint density at radius 2 is 2.13 bits per heavy atom. The van der Waals surface area contributed by atoms with E-state index in [0.717, 1.165) is 37.8 Å². The maximum Gasteiger partial charge on any atom is 0.275 e. The molecule has 2 fully saturated rings. The number of pyridine rings is 1. The van der Waals surface area contributed by atoms with E-state index < -0.39 is 11.3 Å². The fraction of sp³-hybridized carbons (Fsp3) is 0.500. The molecular weight excluding hydrogens is 415 g/mol. The van der Waals surface area contributed by atoms with E-state index in [4.69, 9.17) is 4.52 Å². The average molecular weight is 442 g/mol. The van der Waals surface area contributed by atoms with E-state index in [2.05, 4.69) is 25.8 Å². The van der Waals surface area contributed by atoms with Gasteiger partial charge in [0.25, 0.3) is 11.8 Å². The second kappa shape index (κ2) is 8.24. The predicted molar refractivity (Wildman–Crippen MR) is 119 cm³/mol. The number of hydrogen-bond acceptors (Lipinski definition) is 5. The van der Waals surface area contributed by atoms with Crippen molar-refractivity contribution < 1.29 is 14.1 Å². The molecule has 9 heteroatoms. The van der Waals surface area contributed by atoms with Crippen LogP contribution >= 0.6 is 9.47 Å². The summed E-state index contributed by atoms with van der Waals surface area (Å²) in [6, 6.07) is 0.366. The molecule has 164 valence electrons. The zero-order valence-corrected chi connectivity index (χ0v) is 18.5. The van der Waals surface area contributed by atoms with Crippen molar-refractivity contribution in [1.82, 2.24) is 19.7 Å². The minimum atomic E-state index is -0.556. The molecule has 0 bridgehead atoms. The Kier molecular flexibility index (Phi) is 5.44. The third kappa shape index (κ3) is 3.52. The van der Waals surface area contributed by atoms with Crippen molar-refractivity contribution in [3.63, 3.8) is 0 Å². The number of nitrogens with one attached hydrogen (secondary N) is 1. The van der Waals surface area contributed by atoms with Crippen LogP contribution in [0.1, 0.15) is 53.0 Å². The number of hydrogen-bond donors (Lipinski definition) is 1. The third-order valence-electron chi connectivity index (χ3n) is 6.82. The molecule has 2 saturated heterocycles. The van der Waals surface area contributed by atoms with E-state index in [1.807, 2.05) is 17.1 Å². The van der Waals surface area contributed by atoms with Crippen LogP contribution in [0.3, 0.4) is 0 Å². The van der Waals surface area contributed by atoms with Gasteiger partial charge in [-0.15, -0.1) is 0 Å². The van der Waals surface area contributed by atoms with Crippen LogP contribution in [0, 0.1) is 0 Å². The summed E-state index contributed by atoms with van der Waals surface area (Å²) in [4.78, 5) is 43.5. The van der Waals surface area contributed by atoms with E-state index in [-0.39, 0.29) is 29.1 Å². The number of carbonyl (C=O) groups excluding carboxylic acids is 2. The van der Waals surface area contributed by atoms with Crippen LogP contribution in [0.4, 0.5) is 0 Å². The van der Waals surface area contributed by atoms with Crippen LogP contribution < -0.4 is 15.3 Å². The van der Waals surface area contributed by atoms with Crippen LogP contribution in [0.5, 0.6) is 5.75 Å². The molecule has 1 aromatic heterocycles. The number of rotatable bonds is 4. The molecule has 1 aromatic rings. The molecule has 4 heterocycles. The van der Waals surface area contributed by atoms with Crippen molar-refractivity contribution in [2.75, 3.05) is 19.6 Å². The van der Waals surface area contributed by atoms with Gasteiger partial charge >= 0.3 is 0 Å². The molecule has 0 spiro atoms. The second-order valence-corrected chi connectivity index (χ2v) is 8.86. The third-order valence-corrected chi connectivity index (χ3v) is 7.06. The van der Waals surface area contributed by atoms with E-state index >= 15 is 0 Å². The van der Waals surface area contributed by atoms with Crippen LogP contribution in [-0.2, 0) is 6.54 Å². The number of nitrogens with zero attached hydrogens (tertiary/aromatic N) is 3. The van der Waals surface area contributed by atoms with Gasteiger partial charge in [-0.1, -0.05) is 30.2 Å². The second-order valence-electron chi connectivity index (χ2n) is 8.62. The average Bonchev–Trinajstić information content (AvgIpc) is 3.17. The molecule has 3 atom stereocenters. The summed E-state index contributed by atoms with van der Waals surface area (Å²) in [5.41, 5.74) is 0.791. The lowest BCUT2D eigenvalue weighted by atomic mass is 10.0. The van der Waals surface area contributed by atoms with Gasteiger partial charge in [-0.25, -0.2) is 0 Å². The number of amides is 2. The molecule has 31 heavy (non-hydrogen) atoms. The Balaban J connectivity index is 1.46. The molecule has 4 aliphatic rings. The summed E-state index contributed by atoms with van der Waals surface area (Å²) in [6.07, 6.45) is 12.8. The highest BCUT2D eigenvalue weighted by atomic mass is 31.0. The summed E-state index contributed by atoms with van der Waals surface area (Å²) in [6.45, 7) is 2.57. The first-order chi connectivity index (χ1) is 15.1.